The molecule has 104 valence electrons. The van der Waals surface area contributed by atoms with Gasteiger partial charge in [0.05, 0.1) is 6.61 Å². The normalized spacial score (nSPS) is 23.7. The van der Waals surface area contributed by atoms with E-state index in [9.17, 15) is 15.0 Å². The molecule has 1 aliphatic heterocycles. The molecule has 0 aromatic rings. The lowest BCUT2D eigenvalue weighted by Crippen LogP contribution is -2.43. The van der Waals surface area contributed by atoms with Crippen molar-refractivity contribution in [3.63, 3.8) is 0 Å². The van der Waals surface area contributed by atoms with Crippen LogP contribution in [-0.4, -0.2) is 40.3 Å². The minimum absolute atomic E-state index is 0.326. The molecule has 5 heteroatoms. The van der Waals surface area contributed by atoms with Crippen LogP contribution < -0.4 is 0 Å². The largest absolute Gasteiger partial charge is 0.449 e. The molecule has 0 saturated carbocycles. The number of rotatable bonds is 5. The number of nitrogens with zero attached hydrogens (tertiary/aromatic N) is 1. The summed E-state index contributed by atoms with van der Waals surface area (Å²) in [6, 6.07) is 0. The summed E-state index contributed by atoms with van der Waals surface area (Å²) in [5.74, 6) is 0. The van der Waals surface area contributed by atoms with Crippen molar-refractivity contribution in [3.8, 4) is 0 Å². The van der Waals surface area contributed by atoms with Crippen LogP contribution in [0.4, 0.5) is 4.79 Å². The lowest BCUT2D eigenvalue weighted by atomic mass is 10.2. The average molecular weight is 257 g/mol. The molecule has 0 bridgehead atoms. The van der Waals surface area contributed by atoms with Gasteiger partial charge in [0, 0.05) is 0 Å². The van der Waals surface area contributed by atoms with E-state index in [0.29, 0.717) is 17.8 Å². The number of aliphatic hydroxyl groups excluding tert-OH is 2. The molecule has 0 saturated heterocycles. The lowest BCUT2D eigenvalue weighted by molar-refractivity contribution is -0.0399. The second-order valence-corrected chi connectivity index (χ2v) is 4.70. The summed E-state index contributed by atoms with van der Waals surface area (Å²) in [6.45, 7) is 5.82. The Labute approximate surface area is 108 Å². The highest BCUT2D eigenvalue weighted by Gasteiger charge is 2.38. The standard InChI is InChI=1S/C13H23NO4/c1-4-5-6-7-8-18-13(17)14-11(15)9(2)10(3)12(14)16/h11-12,15-16H,4-8H2,1-3H3. The highest BCUT2D eigenvalue weighted by Crippen LogP contribution is 2.27. The summed E-state index contributed by atoms with van der Waals surface area (Å²) in [7, 11) is 0. The minimum atomic E-state index is -1.08. The van der Waals surface area contributed by atoms with Gasteiger partial charge in [0.25, 0.3) is 0 Å². The number of carbonyl (C=O) groups excluding carboxylic acids is 1. The molecular weight excluding hydrogens is 234 g/mol. The third-order valence-corrected chi connectivity index (χ3v) is 3.36. The predicted octanol–water partition coefficient (Wildman–Crippen LogP) is 1.99. The fourth-order valence-electron chi connectivity index (χ4n) is 1.92. The Morgan fingerprint density at radius 2 is 1.72 bits per heavy atom. The minimum Gasteiger partial charge on any atom is -0.449 e. The van der Waals surface area contributed by atoms with Gasteiger partial charge in [-0.1, -0.05) is 26.2 Å². The van der Waals surface area contributed by atoms with Gasteiger partial charge in [-0.05, 0) is 31.4 Å². The van der Waals surface area contributed by atoms with Crippen LogP contribution in [0.5, 0.6) is 0 Å². The first-order valence-electron chi connectivity index (χ1n) is 6.49. The van der Waals surface area contributed by atoms with Crippen molar-refractivity contribution in [2.75, 3.05) is 6.61 Å². The number of hydrogen-bond donors (Lipinski definition) is 2. The molecule has 1 heterocycles. The topological polar surface area (TPSA) is 70.0 Å². The molecule has 1 rings (SSSR count). The maximum Gasteiger partial charge on any atom is 0.414 e. The van der Waals surface area contributed by atoms with E-state index in [1.54, 1.807) is 13.8 Å². The first kappa shape index (κ1) is 15.0. The van der Waals surface area contributed by atoms with E-state index in [1.807, 2.05) is 0 Å². The number of ether oxygens (including phenoxy) is 1. The summed E-state index contributed by atoms with van der Waals surface area (Å²) in [5.41, 5.74) is 1.20. The van der Waals surface area contributed by atoms with Gasteiger partial charge in [-0.2, -0.15) is 0 Å². The number of amides is 1. The summed E-state index contributed by atoms with van der Waals surface area (Å²) in [4.78, 5) is 12.7. The first-order valence-corrected chi connectivity index (χ1v) is 6.49. The van der Waals surface area contributed by atoms with Gasteiger partial charge in [-0.3, -0.25) is 0 Å². The van der Waals surface area contributed by atoms with Crippen LogP contribution in [0.1, 0.15) is 46.5 Å². The zero-order chi connectivity index (χ0) is 13.7. The Kier molecular flexibility index (Phi) is 5.62. The summed E-state index contributed by atoms with van der Waals surface area (Å²) < 4.78 is 5.05. The van der Waals surface area contributed by atoms with E-state index < -0.39 is 18.5 Å². The van der Waals surface area contributed by atoms with E-state index >= 15 is 0 Å². The number of carbonyl (C=O) groups is 1. The Hall–Kier alpha value is -1.07. The summed E-state index contributed by atoms with van der Waals surface area (Å²) in [5, 5.41) is 19.6. The number of aliphatic hydroxyl groups is 2. The SMILES string of the molecule is CCCCCCOC(=O)N1C(O)C(C)=C(C)C1O. The van der Waals surface area contributed by atoms with Crippen molar-refractivity contribution >= 4 is 6.09 Å². The molecule has 2 N–H and O–H groups in total. The van der Waals surface area contributed by atoms with Gasteiger partial charge < -0.3 is 14.9 Å². The van der Waals surface area contributed by atoms with E-state index in [4.69, 9.17) is 4.74 Å². The second kappa shape index (κ2) is 6.75. The van der Waals surface area contributed by atoms with Crippen LogP contribution in [0.2, 0.25) is 0 Å². The van der Waals surface area contributed by atoms with Gasteiger partial charge in [-0.25, -0.2) is 9.69 Å². The predicted molar refractivity (Wildman–Crippen MR) is 67.7 cm³/mol. The third kappa shape index (κ3) is 3.23. The van der Waals surface area contributed by atoms with Crippen LogP contribution in [0.25, 0.3) is 0 Å². The van der Waals surface area contributed by atoms with Crippen molar-refractivity contribution in [1.29, 1.82) is 0 Å². The van der Waals surface area contributed by atoms with Gasteiger partial charge in [-0.15, -0.1) is 0 Å². The van der Waals surface area contributed by atoms with Crippen molar-refractivity contribution < 1.29 is 19.7 Å². The second-order valence-electron chi connectivity index (χ2n) is 4.70. The van der Waals surface area contributed by atoms with Crippen LogP contribution in [0, 0.1) is 0 Å². The lowest BCUT2D eigenvalue weighted by Gasteiger charge is -2.24. The quantitative estimate of drug-likeness (QED) is 0.583. The molecule has 0 radical (unpaired) electrons. The average Bonchev–Trinajstić information content (AvgIpc) is 2.53. The van der Waals surface area contributed by atoms with Crippen LogP contribution >= 0.6 is 0 Å². The molecule has 0 fully saturated rings. The third-order valence-electron chi connectivity index (χ3n) is 3.36. The smallest absolute Gasteiger partial charge is 0.414 e. The zero-order valence-corrected chi connectivity index (χ0v) is 11.3. The molecule has 2 atom stereocenters. The molecule has 1 aliphatic rings. The molecule has 0 spiro atoms. The Morgan fingerprint density at radius 1 is 1.17 bits per heavy atom. The highest BCUT2D eigenvalue weighted by atomic mass is 16.6. The van der Waals surface area contributed by atoms with E-state index in [1.165, 1.54) is 0 Å². The molecule has 0 aliphatic carbocycles. The first-order chi connectivity index (χ1) is 8.50. The van der Waals surface area contributed by atoms with Crippen molar-refractivity contribution in [2.45, 2.75) is 58.9 Å². The monoisotopic (exact) mass is 257 g/mol. The Morgan fingerprint density at radius 3 is 2.22 bits per heavy atom. The van der Waals surface area contributed by atoms with Gasteiger partial charge in [0.15, 0.2) is 12.5 Å². The van der Waals surface area contributed by atoms with Crippen molar-refractivity contribution in [2.24, 2.45) is 0 Å². The van der Waals surface area contributed by atoms with Crippen molar-refractivity contribution in [3.05, 3.63) is 11.1 Å². The highest BCUT2D eigenvalue weighted by molar-refractivity contribution is 5.70. The van der Waals surface area contributed by atoms with Gasteiger partial charge >= 0.3 is 6.09 Å². The van der Waals surface area contributed by atoms with Crippen LogP contribution in [0.15, 0.2) is 11.1 Å². The van der Waals surface area contributed by atoms with Crippen LogP contribution in [0.3, 0.4) is 0 Å². The molecule has 2 unspecified atom stereocenters. The number of unbranched alkanes of at least 4 members (excludes halogenated alkanes) is 3. The maximum atomic E-state index is 11.7. The molecular formula is C13H23NO4. The Bertz CT molecular complexity index is 309. The molecule has 0 aromatic carbocycles. The van der Waals surface area contributed by atoms with E-state index in [2.05, 4.69) is 6.92 Å². The van der Waals surface area contributed by atoms with Gasteiger partial charge in [0.1, 0.15) is 0 Å². The molecule has 1 amide bonds. The molecule has 18 heavy (non-hydrogen) atoms. The number of hydrogen-bond acceptors (Lipinski definition) is 4. The fraction of sp³-hybridized carbons (Fsp3) is 0.769. The zero-order valence-electron chi connectivity index (χ0n) is 11.3. The van der Waals surface area contributed by atoms with E-state index in [-0.39, 0.29) is 0 Å². The molecule has 0 aromatic heterocycles. The van der Waals surface area contributed by atoms with Crippen LogP contribution in [-0.2, 0) is 4.74 Å². The molecule has 5 nitrogen and oxygen atoms in total. The Balaban J connectivity index is 2.39. The van der Waals surface area contributed by atoms with Gasteiger partial charge in [0.2, 0.25) is 0 Å². The van der Waals surface area contributed by atoms with E-state index in [0.717, 1.165) is 30.6 Å². The summed E-state index contributed by atoms with van der Waals surface area (Å²) >= 11 is 0. The van der Waals surface area contributed by atoms with Crippen molar-refractivity contribution in [1.82, 2.24) is 4.90 Å². The maximum absolute atomic E-state index is 11.7. The fourth-order valence-corrected chi connectivity index (χ4v) is 1.92. The summed E-state index contributed by atoms with van der Waals surface area (Å²) in [6.07, 6.45) is 1.25.